The topological polar surface area (TPSA) is 34.1 Å². The maximum Gasteiger partial charge on any atom is 0.144 e. The van der Waals surface area contributed by atoms with Gasteiger partial charge in [0.2, 0.25) is 0 Å². The third-order valence-electron chi connectivity index (χ3n) is 1.22. The quantitative estimate of drug-likeness (QED) is 0.717. The van der Waals surface area contributed by atoms with Gasteiger partial charge in [-0.1, -0.05) is 23.7 Å². The first-order valence-electron chi connectivity index (χ1n) is 3.05. The monoisotopic (exact) mass is 190 g/mol. The molecule has 4 heteroatoms. The number of thiol groups is 1. The van der Waals surface area contributed by atoms with Crippen molar-refractivity contribution in [1.82, 2.24) is 0 Å². The molecule has 0 aliphatic heterocycles. The van der Waals surface area contributed by atoms with Crippen LogP contribution >= 0.6 is 11.6 Å². The van der Waals surface area contributed by atoms with Gasteiger partial charge in [-0.15, -0.1) is 0 Å². The lowest BCUT2D eigenvalue weighted by molar-refractivity contribution is 0.614. The van der Waals surface area contributed by atoms with Crippen LogP contribution in [0.3, 0.4) is 0 Å². The standard InChI is InChI=1S/C7H7ClO2S/c8-7-3-1-6(2-4-7)5-11(9)10/h1-4,11H,5H2. The highest BCUT2D eigenvalue weighted by atomic mass is 35.5. The van der Waals surface area contributed by atoms with Crippen molar-refractivity contribution >= 4 is 22.3 Å². The molecule has 0 aliphatic carbocycles. The molecule has 0 spiro atoms. The first-order valence-corrected chi connectivity index (χ1v) is 4.79. The molecule has 0 unspecified atom stereocenters. The molecular formula is C7H7ClO2S. The van der Waals surface area contributed by atoms with E-state index in [4.69, 9.17) is 11.6 Å². The zero-order valence-corrected chi connectivity index (χ0v) is 7.31. The zero-order chi connectivity index (χ0) is 8.27. The Balaban J connectivity index is 2.82. The minimum Gasteiger partial charge on any atom is -0.232 e. The summed E-state index contributed by atoms with van der Waals surface area (Å²) < 4.78 is 20.5. The van der Waals surface area contributed by atoms with Crippen molar-refractivity contribution in [2.75, 3.05) is 0 Å². The molecule has 0 N–H and O–H groups in total. The predicted molar refractivity (Wildman–Crippen MR) is 45.5 cm³/mol. The van der Waals surface area contributed by atoms with Crippen LogP contribution in [0, 0.1) is 0 Å². The van der Waals surface area contributed by atoms with Crippen molar-refractivity contribution < 1.29 is 8.42 Å². The van der Waals surface area contributed by atoms with Gasteiger partial charge < -0.3 is 0 Å². The van der Waals surface area contributed by atoms with E-state index in [9.17, 15) is 8.42 Å². The smallest absolute Gasteiger partial charge is 0.144 e. The minimum atomic E-state index is -2.33. The number of benzene rings is 1. The lowest BCUT2D eigenvalue weighted by atomic mass is 10.2. The van der Waals surface area contributed by atoms with E-state index in [1.165, 1.54) is 0 Å². The molecule has 1 aromatic carbocycles. The Morgan fingerprint density at radius 2 is 1.73 bits per heavy atom. The average molecular weight is 191 g/mol. The van der Waals surface area contributed by atoms with Crippen LogP contribution < -0.4 is 0 Å². The van der Waals surface area contributed by atoms with Crippen molar-refractivity contribution in [1.29, 1.82) is 0 Å². The Labute approximate surface area is 71.8 Å². The number of halogens is 1. The van der Waals surface area contributed by atoms with Gasteiger partial charge in [-0.05, 0) is 17.7 Å². The highest BCUT2D eigenvalue weighted by molar-refractivity contribution is 7.71. The Kier molecular flexibility index (Phi) is 2.91. The molecule has 0 radical (unpaired) electrons. The lowest BCUT2D eigenvalue weighted by Gasteiger charge is -1.93. The largest absolute Gasteiger partial charge is 0.232 e. The van der Waals surface area contributed by atoms with Crippen LogP contribution in [0.1, 0.15) is 5.56 Å². The van der Waals surface area contributed by atoms with Crippen molar-refractivity contribution in [2.24, 2.45) is 0 Å². The maximum absolute atomic E-state index is 10.3. The van der Waals surface area contributed by atoms with Gasteiger partial charge in [-0.25, -0.2) is 8.42 Å². The van der Waals surface area contributed by atoms with Gasteiger partial charge in [0.15, 0.2) is 0 Å². The molecule has 0 amide bonds. The summed E-state index contributed by atoms with van der Waals surface area (Å²) in [5.74, 6) is 0.0898. The number of hydrogen-bond acceptors (Lipinski definition) is 2. The van der Waals surface area contributed by atoms with Crippen molar-refractivity contribution in [3.8, 4) is 0 Å². The van der Waals surface area contributed by atoms with Crippen LogP contribution in [0.2, 0.25) is 5.02 Å². The Morgan fingerprint density at radius 1 is 1.18 bits per heavy atom. The van der Waals surface area contributed by atoms with E-state index >= 15 is 0 Å². The number of rotatable bonds is 2. The van der Waals surface area contributed by atoms with Gasteiger partial charge >= 0.3 is 0 Å². The predicted octanol–water partition coefficient (Wildman–Crippen LogP) is 1.45. The molecule has 0 fully saturated rings. The summed E-state index contributed by atoms with van der Waals surface area (Å²) in [5, 5.41) is 0.620. The van der Waals surface area contributed by atoms with E-state index in [1.807, 2.05) is 0 Å². The molecular weight excluding hydrogens is 184 g/mol. The van der Waals surface area contributed by atoms with Crippen LogP contribution in [-0.2, 0) is 16.5 Å². The summed E-state index contributed by atoms with van der Waals surface area (Å²) in [7, 11) is -2.33. The molecule has 0 saturated carbocycles. The third-order valence-corrected chi connectivity index (χ3v) is 2.10. The summed E-state index contributed by atoms with van der Waals surface area (Å²) in [6.45, 7) is 0. The molecule has 60 valence electrons. The SMILES string of the molecule is O=[SH](=O)Cc1ccc(Cl)cc1. The third kappa shape index (κ3) is 2.91. The van der Waals surface area contributed by atoms with Crippen LogP contribution in [0.25, 0.3) is 0 Å². The zero-order valence-electron chi connectivity index (χ0n) is 5.66. The average Bonchev–Trinajstić information content (AvgIpc) is 1.93. The Morgan fingerprint density at radius 3 is 2.18 bits per heavy atom. The first kappa shape index (κ1) is 8.56. The van der Waals surface area contributed by atoms with Gasteiger partial charge in [-0.3, -0.25) is 0 Å². The summed E-state index contributed by atoms with van der Waals surface area (Å²) >= 11 is 5.60. The van der Waals surface area contributed by atoms with Gasteiger partial charge in [0, 0.05) is 5.02 Å². The van der Waals surface area contributed by atoms with Crippen LogP contribution in [-0.4, -0.2) is 8.42 Å². The fourth-order valence-corrected chi connectivity index (χ4v) is 1.37. The highest BCUT2D eigenvalue weighted by Gasteiger charge is 1.92. The van der Waals surface area contributed by atoms with Gasteiger partial charge in [-0.2, -0.15) is 0 Å². The van der Waals surface area contributed by atoms with E-state index in [-0.39, 0.29) is 5.75 Å². The summed E-state index contributed by atoms with van der Waals surface area (Å²) in [6, 6.07) is 6.76. The van der Waals surface area contributed by atoms with Crippen molar-refractivity contribution in [3.63, 3.8) is 0 Å². The summed E-state index contributed by atoms with van der Waals surface area (Å²) in [5.41, 5.74) is 0.769. The molecule has 11 heavy (non-hydrogen) atoms. The lowest BCUT2D eigenvalue weighted by Crippen LogP contribution is -1.84. The van der Waals surface area contributed by atoms with Crippen LogP contribution in [0.4, 0.5) is 0 Å². The first-order chi connectivity index (χ1) is 5.18. The second-order valence-corrected chi connectivity index (χ2v) is 3.54. The minimum absolute atomic E-state index is 0.0898. The summed E-state index contributed by atoms with van der Waals surface area (Å²) in [4.78, 5) is 0. The van der Waals surface area contributed by atoms with Crippen LogP contribution in [0.5, 0.6) is 0 Å². The maximum atomic E-state index is 10.3. The Bertz CT molecular complexity index is 295. The van der Waals surface area contributed by atoms with Crippen molar-refractivity contribution in [2.45, 2.75) is 5.75 Å². The van der Waals surface area contributed by atoms with Gasteiger partial charge in [0.25, 0.3) is 0 Å². The molecule has 2 nitrogen and oxygen atoms in total. The van der Waals surface area contributed by atoms with Crippen LogP contribution in [0.15, 0.2) is 24.3 Å². The van der Waals surface area contributed by atoms with E-state index in [0.717, 1.165) is 5.56 Å². The second-order valence-electron chi connectivity index (χ2n) is 2.12. The van der Waals surface area contributed by atoms with Gasteiger partial charge in [0.05, 0.1) is 5.75 Å². The normalized spacial score (nSPS) is 10.4. The highest BCUT2D eigenvalue weighted by Crippen LogP contribution is 2.09. The number of hydrogen-bond donors (Lipinski definition) is 1. The molecule has 1 rings (SSSR count). The summed E-state index contributed by atoms with van der Waals surface area (Å²) in [6.07, 6.45) is 0. The molecule has 0 aliphatic rings. The van der Waals surface area contributed by atoms with E-state index < -0.39 is 10.7 Å². The molecule has 0 heterocycles. The van der Waals surface area contributed by atoms with E-state index in [1.54, 1.807) is 24.3 Å². The van der Waals surface area contributed by atoms with E-state index in [0.29, 0.717) is 5.02 Å². The fourth-order valence-electron chi connectivity index (χ4n) is 0.739. The van der Waals surface area contributed by atoms with Crippen molar-refractivity contribution in [3.05, 3.63) is 34.9 Å². The molecule has 1 aromatic rings. The van der Waals surface area contributed by atoms with E-state index in [2.05, 4.69) is 0 Å². The second kappa shape index (κ2) is 3.74. The van der Waals surface area contributed by atoms with Gasteiger partial charge in [0.1, 0.15) is 10.7 Å². The Hall–Kier alpha value is -0.540. The molecule has 0 bridgehead atoms. The molecule has 0 saturated heterocycles. The fraction of sp³-hybridized carbons (Fsp3) is 0.143. The molecule has 0 aromatic heterocycles. The molecule has 0 atom stereocenters.